The summed E-state index contributed by atoms with van der Waals surface area (Å²) >= 11 is 0. The number of β-amino-alcohol motifs (C(OH)–C–C–N with tert-alkyl or cyclic N) is 1. The first-order chi connectivity index (χ1) is 10.3. The van der Waals surface area contributed by atoms with Gasteiger partial charge in [0, 0.05) is 6.54 Å². The van der Waals surface area contributed by atoms with Crippen molar-refractivity contribution >= 4 is 6.09 Å². The normalized spacial score (nSPS) is 21.9. The molecule has 122 valence electrons. The first-order valence-corrected chi connectivity index (χ1v) is 7.42. The van der Waals surface area contributed by atoms with Gasteiger partial charge in [0.1, 0.15) is 5.60 Å². The topological polar surface area (TPSA) is 71.0 Å². The van der Waals surface area contributed by atoms with Crippen molar-refractivity contribution in [2.24, 2.45) is 0 Å². The fraction of sp³-hybridized carbons (Fsp3) is 0.562. The van der Waals surface area contributed by atoms with Crippen molar-refractivity contribution in [2.75, 3.05) is 13.1 Å². The van der Waals surface area contributed by atoms with E-state index in [0.717, 1.165) is 5.56 Å². The summed E-state index contributed by atoms with van der Waals surface area (Å²) in [6, 6.07) is 9.41. The van der Waals surface area contributed by atoms with Crippen molar-refractivity contribution in [2.45, 2.75) is 45.1 Å². The Labute approximate surface area is 131 Å². The van der Waals surface area contributed by atoms with Gasteiger partial charge in [-0.3, -0.25) is 4.84 Å². The first kappa shape index (κ1) is 16.7. The molecular weight excluding hydrogens is 284 g/mol. The highest BCUT2D eigenvalue weighted by Crippen LogP contribution is 2.16. The Morgan fingerprint density at radius 1 is 1.32 bits per heavy atom. The van der Waals surface area contributed by atoms with Crippen LogP contribution >= 0.6 is 0 Å². The fourth-order valence-electron chi connectivity index (χ4n) is 2.18. The molecule has 0 aromatic heterocycles. The standard InChI is InChI=1S/C16H24N2O4/c1-16(2,3)22-15(20)18-9-13(14(19)10-18)17-21-11-12-7-5-4-6-8-12/h4-8,13-14,17,19H,9-11H2,1-3H3/t13-,14+/m1/s1. The third kappa shape index (κ3) is 4.98. The van der Waals surface area contributed by atoms with E-state index >= 15 is 0 Å². The van der Waals surface area contributed by atoms with Gasteiger partial charge >= 0.3 is 6.09 Å². The summed E-state index contributed by atoms with van der Waals surface area (Å²) in [5.74, 6) is 0. The van der Waals surface area contributed by atoms with Gasteiger partial charge in [-0.05, 0) is 26.3 Å². The van der Waals surface area contributed by atoms with E-state index in [1.807, 2.05) is 51.1 Å². The summed E-state index contributed by atoms with van der Waals surface area (Å²) in [6.45, 7) is 6.44. The summed E-state index contributed by atoms with van der Waals surface area (Å²) in [5.41, 5.74) is 3.32. The molecule has 1 aromatic carbocycles. The molecule has 2 atom stereocenters. The molecule has 0 radical (unpaired) electrons. The number of likely N-dealkylation sites (tertiary alicyclic amines) is 1. The molecule has 1 fully saturated rings. The van der Waals surface area contributed by atoms with E-state index in [1.165, 1.54) is 4.90 Å². The maximum atomic E-state index is 12.0. The minimum atomic E-state index is -0.678. The molecule has 1 aliphatic rings. The molecular formula is C16H24N2O4. The van der Waals surface area contributed by atoms with Crippen molar-refractivity contribution in [1.82, 2.24) is 10.4 Å². The van der Waals surface area contributed by atoms with Gasteiger partial charge in [-0.1, -0.05) is 30.3 Å². The zero-order chi connectivity index (χ0) is 16.2. The van der Waals surface area contributed by atoms with E-state index in [4.69, 9.17) is 9.57 Å². The fourth-order valence-corrected chi connectivity index (χ4v) is 2.18. The van der Waals surface area contributed by atoms with Gasteiger partial charge in [0.25, 0.3) is 0 Å². The zero-order valence-corrected chi connectivity index (χ0v) is 13.3. The number of carbonyl (C=O) groups is 1. The Morgan fingerprint density at radius 2 is 2.00 bits per heavy atom. The minimum Gasteiger partial charge on any atom is -0.444 e. The van der Waals surface area contributed by atoms with Crippen LogP contribution in [0.1, 0.15) is 26.3 Å². The molecule has 2 N–H and O–H groups in total. The minimum absolute atomic E-state index is 0.237. The predicted octanol–water partition coefficient (Wildman–Crippen LogP) is 1.69. The summed E-state index contributed by atoms with van der Waals surface area (Å²) in [5, 5.41) is 10.0. The number of rotatable bonds is 4. The highest BCUT2D eigenvalue weighted by molar-refractivity contribution is 5.68. The van der Waals surface area contributed by atoms with Crippen LogP contribution in [-0.4, -0.2) is 46.9 Å². The second-order valence-electron chi connectivity index (χ2n) is 6.45. The molecule has 1 amide bonds. The monoisotopic (exact) mass is 308 g/mol. The van der Waals surface area contributed by atoms with E-state index in [9.17, 15) is 9.90 Å². The van der Waals surface area contributed by atoms with Crippen molar-refractivity contribution in [3.8, 4) is 0 Å². The van der Waals surface area contributed by atoms with Crippen LogP contribution in [-0.2, 0) is 16.2 Å². The maximum absolute atomic E-state index is 12.0. The lowest BCUT2D eigenvalue weighted by Crippen LogP contribution is -2.40. The number of hydrogen-bond donors (Lipinski definition) is 2. The average molecular weight is 308 g/mol. The number of hydroxylamine groups is 1. The quantitative estimate of drug-likeness (QED) is 0.828. The Morgan fingerprint density at radius 3 is 2.64 bits per heavy atom. The number of nitrogens with zero attached hydrogens (tertiary/aromatic N) is 1. The number of ether oxygens (including phenoxy) is 1. The Kier molecular flexibility index (Phi) is 5.39. The van der Waals surface area contributed by atoms with E-state index in [2.05, 4.69) is 5.48 Å². The number of amides is 1. The van der Waals surface area contributed by atoms with Crippen LogP contribution in [0.4, 0.5) is 4.79 Å². The third-order valence-corrected chi connectivity index (χ3v) is 3.26. The highest BCUT2D eigenvalue weighted by Gasteiger charge is 2.36. The molecule has 0 unspecified atom stereocenters. The van der Waals surface area contributed by atoms with Gasteiger partial charge in [-0.25, -0.2) is 4.79 Å². The van der Waals surface area contributed by atoms with Crippen molar-refractivity contribution in [1.29, 1.82) is 0 Å². The van der Waals surface area contributed by atoms with Crippen molar-refractivity contribution < 1.29 is 19.5 Å². The van der Waals surface area contributed by atoms with Crippen LogP contribution in [0.15, 0.2) is 30.3 Å². The van der Waals surface area contributed by atoms with Gasteiger partial charge in [0.2, 0.25) is 0 Å². The molecule has 1 aromatic rings. The zero-order valence-electron chi connectivity index (χ0n) is 13.3. The largest absolute Gasteiger partial charge is 0.444 e. The number of nitrogens with one attached hydrogen (secondary N) is 1. The van der Waals surface area contributed by atoms with Gasteiger partial charge in [0.05, 0.1) is 25.3 Å². The van der Waals surface area contributed by atoms with E-state index in [0.29, 0.717) is 13.2 Å². The lowest BCUT2D eigenvalue weighted by atomic mass is 10.2. The van der Waals surface area contributed by atoms with E-state index < -0.39 is 17.8 Å². The Bertz CT molecular complexity index is 487. The molecule has 1 heterocycles. The third-order valence-electron chi connectivity index (χ3n) is 3.26. The molecule has 0 saturated carbocycles. The summed E-state index contributed by atoms with van der Waals surface area (Å²) in [4.78, 5) is 18.9. The van der Waals surface area contributed by atoms with E-state index in [-0.39, 0.29) is 12.6 Å². The number of benzene rings is 1. The van der Waals surface area contributed by atoms with Crippen LogP contribution in [0.3, 0.4) is 0 Å². The molecule has 0 spiro atoms. The summed E-state index contributed by atoms with van der Waals surface area (Å²) < 4.78 is 5.30. The maximum Gasteiger partial charge on any atom is 0.410 e. The molecule has 22 heavy (non-hydrogen) atoms. The molecule has 0 bridgehead atoms. The van der Waals surface area contributed by atoms with Gasteiger partial charge in [0.15, 0.2) is 0 Å². The molecule has 1 saturated heterocycles. The number of aliphatic hydroxyl groups is 1. The van der Waals surface area contributed by atoms with Crippen LogP contribution in [0.5, 0.6) is 0 Å². The average Bonchev–Trinajstić information content (AvgIpc) is 2.80. The van der Waals surface area contributed by atoms with Gasteiger partial charge in [-0.2, -0.15) is 5.48 Å². The molecule has 6 heteroatoms. The summed E-state index contributed by atoms with van der Waals surface area (Å²) in [6.07, 6.45) is -1.10. The molecule has 0 aliphatic carbocycles. The number of aliphatic hydroxyl groups excluding tert-OH is 1. The Balaban J connectivity index is 1.77. The first-order valence-electron chi connectivity index (χ1n) is 7.42. The molecule has 1 aliphatic heterocycles. The van der Waals surface area contributed by atoms with Crippen molar-refractivity contribution in [3.05, 3.63) is 35.9 Å². The molecule has 6 nitrogen and oxygen atoms in total. The summed E-state index contributed by atoms with van der Waals surface area (Å²) in [7, 11) is 0. The lowest BCUT2D eigenvalue weighted by molar-refractivity contribution is -0.0183. The smallest absolute Gasteiger partial charge is 0.410 e. The SMILES string of the molecule is CC(C)(C)OC(=O)N1C[C@H](O)[C@H](NOCc2ccccc2)C1. The number of carbonyl (C=O) groups excluding carboxylic acids is 1. The van der Waals surface area contributed by atoms with Gasteiger partial charge in [-0.15, -0.1) is 0 Å². The van der Waals surface area contributed by atoms with Crippen LogP contribution in [0.25, 0.3) is 0 Å². The van der Waals surface area contributed by atoms with Crippen LogP contribution < -0.4 is 5.48 Å². The van der Waals surface area contributed by atoms with Crippen LogP contribution in [0.2, 0.25) is 0 Å². The number of hydrogen-bond acceptors (Lipinski definition) is 5. The Hall–Kier alpha value is -1.63. The van der Waals surface area contributed by atoms with E-state index in [1.54, 1.807) is 0 Å². The van der Waals surface area contributed by atoms with Crippen LogP contribution in [0, 0.1) is 0 Å². The molecule has 2 rings (SSSR count). The van der Waals surface area contributed by atoms with Crippen molar-refractivity contribution in [3.63, 3.8) is 0 Å². The second-order valence-corrected chi connectivity index (χ2v) is 6.45. The predicted molar refractivity (Wildman–Crippen MR) is 82.0 cm³/mol. The lowest BCUT2D eigenvalue weighted by Gasteiger charge is -2.24. The van der Waals surface area contributed by atoms with Gasteiger partial charge < -0.3 is 14.7 Å². The second kappa shape index (κ2) is 7.09. The highest BCUT2D eigenvalue weighted by atomic mass is 16.6.